The van der Waals surface area contributed by atoms with Gasteiger partial charge < -0.3 is 19.7 Å². The summed E-state index contributed by atoms with van der Waals surface area (Å²) >= 11 is 6.42. The van der Waals surface area contributed by atoms with Gasteiger partial charge in [0, 0.05) is 31.1 Å². The molecule has 208 valence electrons. The third-order valence-corrected chi connectivity index (χ3v) is 7.65. The van der Waals surface area contributed by atoms with Crippen molar-refractivity contribution in [2.24, 2.45) is 0 Å². The molecule has 1 N–H and O–H groups in total. The predicted molar refractivity (Wildman–Crippen MR) is 152 cm³/mol. The third kappa shape index (κ3) is 7.64. The van der Waals surface area contributed by atoms with Crippen LogP contribution in [0.2, 0.25) is 5.02 Å². The highest BCUT2D eigenvalue weighted by atomic mass is 35.5. The Bertz CT molecular complexity index is 1400. The maximum atomic E-state index is 14.0. The smallest absolute Gasteiger partial charge is 0.244 e. The van der Waals surface area contributed by atoms with Gasteiger partial charge in [-0.05, 0) is 29.3 Å². The average Bonchev–Trinajstić information content (AvgIpc) is 2.93. The molecule has 0 radical (unpaired) electrons. The fourth-order valence-electron chi connectivity index (χ4n) is 4.12. The van der Waals surface area contributed by atoms with Crippen molar-refractivity contribution in [3.05, 3.63) is 88.9 Å². The second-order valence-corrected chi connectivity index (χ2v) is 11.1. The molecule has 9 nitrogen and oxygen atoms in total. The summed E-state index contributed by atoms with van der Waals surface area (Å²) in [6, 6.07) is 19.9. The summed E-state index contributed by atoms with van der Waals surface area (Å²) in [7, 11) is 0.409. The summed E-state index contributed by atoms with van der Waals surface area (Å²) in [6.07, 6.45) is 1.21. The molecule has 2 amide bonds. The van der Waals surface area contributed by atoms with Crippen molar-refractivity contribution in [2.75, 3.05) is 38.4 Å². The summed E-state index contributed by atoms with van der Waals surface area (Å²) in [4.78, 5) is 28.5. The lowest BCUT2D eigenvalue weighted by Crippen LogP contribution is -2.53. The highest BCUT2D eigenvalue weighted by Crippen LogP contribution is 2.34. The van der Waals surface area contributed by atoms with Crippen LogP contribution < -0.4 is 19.1 Å². The van der Waals surface area contributed by atoms with Crippen LogP contribution >= 0.6 is 11.6 Å². The maximum Gasteiger partial charge on any atom is 0.244 e. The molecular weight excluding hydrogens is 542 g/mol. The number of nitrogens with zero attached hydrogens (tertiary/aromatic N) is 2. The van der Waals surface area contributed by atoms with Gasteiger partial charge >= 0.3 is 0 Å². The first-order chi connectivity index (χ1) is 18.6. The van der Waals surface area contributed by atoms with Crippen molar-refractivity contribution in [3.63, 3.8) is 0 Å². The summed E-state index contributed by atoms with van der Waals surface area (Å²) in [5, 5.41) is 3.05. The summed E-state index contributed by atoms with van der Waals surface area (Å²) in [5.41, 5.74) is 1.61. The summed E-state index contributed by atoms with van der Waals surface area (Å²) in [6.45, 7) is -0.588. The van der Waals surface area contributed by atoms with Crippen LogP contribution in [0.15, 0.2) is 72.8 Å². The largest absolute Gasteiger partial charge is 0.497 e. The van der Waals surface area contributed by atoms with E-state index in [4.69, 9.17) is 21.1 Å². The van der Waals surface area contributed by atoms with Crippen LogP contribution in [-0.2, 0) is 32.6 Å². The van der Waals surface area contributed by atoms with Crippen molar-refractivity contribution >= 4 is 39.1 Å². The lowest BCUT2D eigenvalue weighted by molar-refractivity contribution is -0.139. The van der Waals surface area contributed by atoms with E-state index >= 15 is 0 Å². The van der Waals surface area contributed by atoms with Crippen molar-refractivity contribution in [1.82, 2.24) is 10.2 Å². The normalized spacial score (nSPS) is 11.8. The number of likely N-dealkylation sites (N-methyl/N-ethyl adjacent to an activating group) is 1. The molecular formula is C28H32ClN3O6S. The van der Waals surface area contributed by atoms with E-state index in [0.29, 0.717) is 16.3 Å². The molecule has 3 rings (SSSR count). The van der Waals surface area contributed by atoms with Crippen LogP contribution in [0.3, 0.4) is 0 Å². The van der Waals surface area contributed by atoms with Gasteiger partial charge in [0.05, 0.1) is 26.2 Å². The zero-order chi connectivity index (χ0) is 28.6. The Labute approximate surface area is 234 Å². The minimum Gasteiger partial charge on any atom is -0.497 e. The molecule has 0 spiro atoms. The van der Waals surface area contributed by atoms with Crippen molar-refractivity contribution in [3.8, 4) is 11.5 Å². The number of hydrogen-bond donors (Lipinski definition) is 1. The van der Waals surface area contributed by atoms with Crippen LogP contribution in [0, 0.1) is 0 Å². The van der Waals surface area contributed by atoms with Crippen molar-refractivity contribution in [1.29, 1.82) is 0 Å². The molecule has 0 aliphatic rings. The Morgan fingerprint density at radius 2 is 1.64 bits per heavy atom. The van der Waals surface area contributed by atoms with Gasteiger partial charge in [-0.2, -0.15) is 0 Å². The third-order valence-electron chi connectivity index (χ3n) is 6.15. The molecule has 3 aromatic rings. The number of benzene rings is 3. The van der Waals surface area contributed by atoms with Crippen molar-refractivity contribution < 1.29 is 27.5 Å². The lowest BCUT2D eigenvalue weighted by atomic mass is 10.0. The quantitative estimate of drug-likeness (QED) is 0.355. The maximum absolute atomic E-state index is 14.0. The van der Waals surface area contributed by atoms with Gasteiger partial charge in [-0.25, -0.2) is 8.42 Å². The molecule has 0 fully saturated rings. The number of carbonyl (C=O) groups excluding carboxylic acids is 2. The summed E-state index contributed by atoms with van der Waals surface area (Å²) < 4.78 is 37.5. The zero-order valence-electron chi connectivity index (χ0n) is 22.3. The van der Waals surface area contributed by atoms with Crippen LogP contribution in [0.25, 0.3) is 0 Å². The van der Waals surface area contributed by atoms with E-state index in [1.165, 1.54) is 38.3 Å². The molecule has 1 unspecified atom stereocenters. The number of ether oxygens (including phenoxy) is 2. The molecule has 0 bridgehead atoms. The van der Waals surface area contributed by atoms with Gasteiger partial charge in [-0.3, -0.25) is 13.9 Å². The SMILES string of the molecule is CNC(=O)C(Cc1ccccc1)N(Cc1ccccc1Cl)C(=O)CN(c1ccc(OC)cc1OC)S(C)(=O)=O. The number of sulfonamides is 1. The Hall–Kier alpha value is -3.76. The molecule has 0 aliphatic heterocycles. The second-order valence-electron chi connectivity index (χ2n) is 8.74. The van der Waals surface area contributed by atoms with Crippen LogP contribution in [0.1, 0.15) is 11.1 Å². The highest BCUT2D eigenvalue weighted by Gasteiger charge is 2.33. The van der Waals surface area contributed by atoms with Gasteiger partial charge in [0.15, 0.2) is 0 Å². The molecule has 0 aliphatic carbocycles. The number of anilines is 1. The number of carbonyl (C=O) groups is 2. The van der Waals surface area contributed by atoms with E-state index in [2.05, 4.69) is 5.32 Å². The molecule has 0 saturated heterocycles. The summed E-state index contributed by atoms with van der Waals surface area (Å²) in [5.74, 6) is -0.328. The molecule has 1 atom stereocenters. The first-order valence-corrected chi connectivity index (χ1v) is 14.3. The zero-order valence-corrected chi connectivity index (χ0v) is 23.8. The Balaban J connectivity index is 2.07. The highest BCUT2D eigenvalue weighted by molar-refractivity contribution is 7.92. The van der Waals surface area contributed by atoms with E-state index in [0.717, 1.165) is 16.1 Å². The number of halogens is 1. The van der Waals surface area contributed by atoms with Gasteiger partial charge in [0.2, 0.25) is 21.8 Å². The number of nitrogens with one attached hydrogen (secondary N) is 1. The average molecular weight is 574 g/mol. The monoisotopic (exact) mass is 573 g/mol. The van der Waals surface area contributed by atoms with Gasteiger partial charge in [0.25, 0.3) is 0 Å². The molecule has 39 heavy (non-hydrogen) atoms. The first-order valence-electron chi connectivity index (χ1n) is 12.1. The van der Waals surface area contributed by atoms with Gasteiger partial charge in [0.1, 0.15) is 24.1 Å². The van der Waals surface area contributed by atoms with Gasteiger partial charge in [-0.1, -0.05) is 60.1 Å². The molecule has 0 heterocycles. The van der Waals surface area contributed by atoms with Crippen LogP contribution in [-0.4, -0.2) is 65.2 Å². The Morgan fingerprint density at radius 1 is 0.974 bits per heavy atom. The van der Waals surface area contributed by atoms with E-state index in [9.17, 15) is 18.0 Å². The fraction of sp³-hybridized carbons (Fsp3) is 0.286. The predicted octanol–water partition coefficient (Wildman–Crippen LogP) is 3.51. The molecule has 0 saturated carbocycles. The van der Waals surface area contributed by atoms with E-state index in [1.807, 2.05) is 30.3 Å². The van der Waals surface area contributed by atoms with E-state index in [1.54, 1.807) is 30.3 Å². The molecule has 3 aromatic carbocycles. The number of amides is 2. The molecule has 0 aromatic heterocycles. The lowest BCUT2D eigenvalue weighted by Gasteiger charge is -2.33. The Morgan fingerprint density at radius 3 is 2.23 bits per heavy atom. The number of rotatable bonds is 12. The molecule has 11 heteroatoms. The first kappa shape index (κ1) is 29.8. The van der Waals surface area contributed by atoms with E-state index < -0.39 is 34.4 Å². The minimum atomic E-state index is -3.95. The standard InChI is InChI=1S/C28H32ClN3O6S/c1-30-28(34)25(16-20-10-6-5-7-11-20)31(18-21-12-8-9-13-23(21)29)27(33)19-32(39(4,35)36)24-15-14-22(37-2)17-26(24)38-3/h5-15,17,25H,16,18-19H2,1-4H3,(H,30,34). The Kier molecular flexibility index (Phi) is 10.2. The number of methoxy groups -OCH3 is 2. The van der Waals surface area contributed by atoms with Crippen LogP contribution in [0.5, 0.6) is 11.5 Å². The second kappa shape index (κ2) is 13.3. The topological polar surface area (TPSA) is 105 Å². The fourth-order valence-corrected chi connectivity index (χ4v) is 5.17. The number of hydrogen-bond acceptors (Lipinski definition) is 6. The minimum absolute atomic E-state index is 0.0131. The van der Waals surface area contributed by atoms with Gasteiger partial charge in [-0.15, -0.1) is 0 Å². The van der Waals surface area contributed by atoms with E-state index in [-0.39, 0.29) is 24.4 Å². The van der Waals surface area contributed by atoms with Crippen LogP contribution in [0.4, 0.5) is 5.69 Å². The van der Waals surface area contributed by atoms with Crippen molar-refractivity contribution in [2.45, 2.75) is 19.0 Å².